The van der Waals surface area contributed by atoms with Crippen LogP contribution < -0.4 is 5.73 Å². The Bertz CT molecular complexity index is 1030. The predicted octanol–water partition coefficient (Wildman–Crippen LogP) is 4.08. The van der Waals surface area contributed by atoms with Crippen LogP contribution >= 0.6 is 23.2 Å². The minimum Gasteiger partial charge on any atom is -0.383 e. The molecule has 136 valence electrons. The number of anilines is 1. The lowest BCUT2D eigenvalue weighted by Gasteiger charge is -2.21. The van der Waals surface area contributed by atoms with E-state index in [2.05, 4.69) is 15.1 Å². The first-order valence-electron chi connectivity index (χ1n) is 8.32. The molecule has 1 aliphatic rings. The first-order chi connectivity index (χ1) is 13.0. The van der Waals surface area contributed by atoms with Gasteiger partial charge in [-0.25, -0.2) is 9.97 Å². The van der Waals surface area contributed by atoms with Gasteiger partial charge in [-0.15, -0.1) is 0 Å². The molecule has 0 saturated carbocycles. The largest absolute Gasteiger partial charge is 0.383 e. The van der Waals surface area contributed by atoms with E-state index in [1.807, 2.05) is 30.3 Å². The molecule has 0 bridgehead atoms. The van der Waals surface area contributed by atoms with E-state index in [-0.39, 0.29) is 23.3 Å². The lowest BCUT2D eigenvalue weighted by molar-refractivity contribution is -0.118. The van der Waals surface area contributed by atoms with E-state index in [9.17, 15) is 4.79 Å². The molecule has 2 aromatic heterocycles. The number of nitrogens with zero attached hydrogens (tertiary/aromatic N) is 4. The molecule has 2 heterocycles. The number of carbonyl (C=O) groups excluding carboxylic acids is 1. The van der Waals surface area contributed by atoms with E-state index in [4.69, 9.17) is 28.9 Å². The van der Waals surface area contributed by atoms with Gasteiger partial charge in [-0.3, -0.25) is 4.79 Å². The Hall–Kier alpha value is -2.70. The van der Waals surface area contributed by atoms with Crippen molar-refractivity contribution >= 4 is 40.4 Å². The number of halogens is 2. The quantitative estimate of drug-likeness (QED) is 0.716. The molecule has 1 unspecified atom stereocenters. The second kappa shape index (κ2) is 7.13. The van der Waals surface area contributed by atoms with Gasteiger partial charge in [0.25, 0.3) is 5.95 Å². The average Bonchev–Trinajstić information content (AvgIpc) is 2.97. The highest BCUT2D eigenvalue weighted by Gasteiger charge is 2.27. The average molecular weight is 400 g/mol. The molecule has 3 aromatic rings. The molecule has 27 heavy (non-hydrogen) atoms. The minimum atomic E-state index is -0.0645. The highest BCUT2D eigenvalue weighted by atomic mass is 35.5. The van der Waals surface area contributed by atoms with Crippen LogP contribution in [0.5, 0.6) is 0 Å². The van der Waals surface area contributed by atoms with Gasteiger partial charge in [-0.1, -0.05) is 41.4 Å². The number of benzene rings is 1. The monoisotopic (exact) mass is 399 g/mol. The maximum absolute atomic E-state index is 12.4. The van der Waals surface area contributed by atoms with Gasteiger partial charge in [0, 0.05) is 36.2 Å². The molecular weight excluding hydrogens is 385 g/mol. The highest BCUT2D eigenvalue weighted by molar-refractivity contribution is 6.32. The number of nitrogens with two attached hydrogens (primary N) is 1. The standard InChI is InChI=1S/C19H15Cl2N5O/c20-14-4-2-11(3-5-14)12-8-13(10-15(27)9-12)16-17(21)25-26(18(16)22)19-23-6-1-7-24-19/h1-8,12H,9-10,22H2. The van der Waals surface area contributed by atoms with Crippen molar-refractivity contribution in [3.05, 3.63) is 70.1 Å². The summed E-state index contributed by atoms with van der Waals surface area (Å²) in [5.41, 5.74) is 8.61. The van der Waals surface area contributed by atoms with Crippen LogP contribution in [0.4, 0.5) is 5.82 Å². The van der Waals surface area contributed by atoms with Crippen LogP contribution in [-0.4, -0.2) is 25.5 Å². The van der Waals surface area contributed by atoms with Gasteiger partial charge in [0.15, 0.2) is 5.15 Å². The van der Waals surface area contributed by atoms with Crippen LogP contribution in [0.15, 0.2) is 48.8 Å². The Morgan fingerprint density at radius 1 is 1.11 bits per heavy atom. The second-order valence-corrected chi connectivity index (χ2v) is 7.08. The maximum atomic E-state index is 12.4. The predicted molar refractivity (Wildman–Crippen MR) is 105 cm³/mol. The van der Waals surface area contributed by atoms with Crippen molar-refractivity contribution in [3.63, 3.8) is 0 Å². The normalized spacial score (nSPS) is 17.0. The maximum Gasteiger partial charge on any atom is 0.252 e. The first kappa shape index (κ1) is 17.7. The van der Waals surface area contributed by atoms with E-state index in [0.29, 0.717) is 28.8 Å². The fraction of sp³-hybridized carbons (Fsp3) is 0.158. The third-order valence-electron chi connectivity index (χ3n) is 4.48. The number of hydrogen-bond donors (Lipinski definition) is 1. The van der Waals surface area contributed by atoms with Crippen LogP contribution in [0.3, 0.4) is 0 Å². The third-order valence-corrected chi connectivity index (χ3v) is 4.99. The Balaban J connectivity index is 1.77. The van der Waals surface area contributed by atoms with Crippen LogP contribution in [0.25, 0.3) is 11.5 Å². The summed E-state index contributed by atoms with van der Waals surface area (Å²) in [6, 6.07) is 9.17. The fourth-order valence-corrected chi connectivity index (χ4v) is 3.66. The van der Waals surface area contributed by atoms with Crippen molar-refractivity contribution in [2.24, 2.45) is 0 Å². The number of rotatable bonds is 3. The molecule has 4 rings (SSSR count). The van der Waals surface area contributed by atoms with E-state index in [1.165, 1.54) is 4.68 Å². The summed E-state index contributed by atoms with van der Waals surface area (Å²) in [4.78, 5) is 20.7. The third kappa shape index (κ3) is 3.46. The summed E-state index contributed by atoms with van der Waals surface area (Å²) in [6.45, 7) is 0. The van der Waals surface area contributed by atoms with Crippen molar-refractivity contribution in [1.82, 2.24) is 19.7 Å². The Morgan fingerprint density at radius 3 is 2.52 bits per heavy atom. The van der Waals surface area contributed by atoms with Crippen LogP contribution in [-0.2, 0) is 4.79 Å². The molecule has 1 aromatic carbocycles. The van der Waals surface area contributed by atoms with Gasteiger partial charge >= 0.3 is 0 Å². The van der Waals surface area contributed by atoms with E-state index < -0.39 is 0 Å². The van der Waals surface area contributed by atoms with Gasteiger partial charge in [-0.05, 0) is 29.3 Å². The highest BCUT2D eigenvalue weighted by Crippen LogP contribution is 2.39. The van der Waals surface area contributed by atoms with Crippen molar-refractivity contribution in [1.29, 1.82) is 0 Å². The first-order valence-corrected chi connectivity index (χ1v) is 9.08. The summed E-state index contributed by atoms with van der Waals surface area (Å²) in [5.74, 6) is 0.680. The molecule has 1 atom stereocenters. The number of ketones is 1. The summed E-state index contributed by atoms with van der Waals surface area (Å²) in [5, 5.41) is 5.13. The molecule has 0 saturated heterocycles. The summed E-state index contributed by atoms with van der Waals surface area (Å²) in [7, 11) is 0. The molecule has 0 amide bonds. The number of carbonyl (C=O) groups is 1. The lowest BCUT2D eigenvalue weighted by atomic mass is 9.83. The molecular formula is C19H15Cl2N5O. The zero-order valence-corrected chi connectivity index (χ0v) is 15.7. The SMILES string of the molecule is Nc1c(C2=CC(c3ccc(Cl)cc3)CC(=O)C2)c(Cl)nn1-c1ncccn1. The fourth-order valence-electron chi connectivity index (χ4n) is 3.24. The van der Waals surface area contributed by atoms with E-state index >= 15 is 0 Å². The van der Waals surface area contributed by atoms with Gasteiger partial charge in [0.05, 0.1) is 5.56 Å². The van der Waals surface area contributed by atoms with Crippen LogP contribution in [0.1, 0.15) is 29.9 Å². The number of nitrogen functional groups attached to an aromatic ring is 1. The zero-order valence-electron chi connectivity index (χ0n) is 14.1. The Kier molecular flexibility index (Phi) is 4.68. The van der Waals surface area contributed by atoms with Crippen molar-refractivity contribution in [3.8, 4) is 5.95 Å². The summed E-state index contributed by atoms with van der Waals surface area (Å²) in [6.07, 6.45) is 5.90. The van der Waals surface area contributed by atoms with Gasteiger partial charge in [0.2, 0.25) is 0 Å². The van der Waals surface area contributed by atoms with Crippen LogP contribution in [0, 0.1) is 0 Å². The van der Waals surface area contributed by atoms with Crippen molar-refractivity contribution in [2.45, 2.75) is 18.8 Å². The van der Waals surface area contributed by atoms with Crippen molar-refractivity contribution in [2.75, 3.05) is 5.73 Å². The Morgan fingerprint density at radius 2 is 1.81 bits per heavy atom. The zero-order chi connectivity index (χ0) is 19.0. The minimum absolute atomic E-state index is 0.0645. The van der Waals surface area contributed by atoms with Gasteiger partial charge in [-0.2, -0.15) is 9.78 Å². The van der Waals surface area contributed by atoms with E-state index in [1.54, 1.807) is 18.5 Å². The van der Waals surface area contributed by atoms with Gasteiger partial charge < -0.3 is 5.73 Å². The lowest BCUT2D eigenvalue weighted by Crippen LogP contribution is -2.13. The molecule has 1 aliphatic carbocycles. The topological polar surface area (TPSA) is 86.7 Å². The Labute approximate surface area is 165 Å². The molecule has 0 spiro atoms. The molecule has 0 radical (unpaired) electrons. The van der Waals surface area contributed by atoms with Gasteiger partial charge in [0.1, 0.15) is 11.6 Å². The second-order valence-electron chi connectivity index (χ2n) is 6.28. The molecule has 0 fully saturated rings. The van der Waals surface area contributed by atoms with Crippen molar-refractivity contribution < 1.29 is 4.79 Å². The number of Topliss-reactive ketones (excluding diaryl/α,β-unsaturated/α-hetero) is 1. The molecule has 0 aliphatic heterocycles. The summed E-state index contributed by atoms with van der Waals surface area (Å²) >= 11 is 12.3. The van der Waals surface area contributed by atoms with Crippen LogP contribution in [0.2, 0.25) is 10.2 Å². The molecule has 2 N–H and O–H groups in total. The summed E-state index contributed by atoms with van der Waals surface area (Å²) < 4.78 is 1.38. The number of hydrogen-bond acceptors (Lipinski definition) is 5. The van der Waals surface area contributed by atoms with E-state index in [0.717, 1.165) is 11.1 Å². The molecule has 8 heteroatoms. The smallest absolute Gasteiger partial charge is 0.252 e. The number of aromatic nitrogens is 4. The molecule has 6 nitrogen and oxygen atoms in total. The number of allylic oxidation sites excluding steroid dienone is 2.